The molecule has 0 atom stereocenters. The van der Waals surface area contributed by atoms with Crippen molar-refractivity contribution in [2.75, 3.05) is 6.61 Å². The summed E-state index contributed by atoms with van der Waals surface area (Å²) in [5.74, 6) is -0.496. The fourth-order valence-electron chi connectivity index (χ4n) is 4.13. The summed E-state index contributed by atoms with van der Waals surface area (Å²) >= 11 is 0. The standard InChI is InChI=1S/C19H28N2O6/c1-17(2,3)19(18(4,5)6,21(15(23)24)16(25)26)12-9-7-8-10-13(12)27-11-14(20)22/h7-10H,11H2,1-6H3,(H2,20,22)(H,23,24)(H,25,26). The highest BCUT2D eigenvalue weighted by Crippen LogP contribution is 2.57. The molecule has 1 aromatic carbocycles. The largest absolute Gasteiger partial charge is 0.483 e. The summed E-state index contributed by atoms with van der Waals surface area (Å²) in [4.78, 5) is 35.7. The van der Waals surface area contributed by atoms with Crippen LogP contribution in [0.5, 0.6) is 5.75 Å². The maximum Gasteiger partial charge on any atom is 0.417 e. The van der Waals surface area contributed by atoms with E-state index in [-0.39, 0.29) is 5.75 Å². The summed E-state index contributed by atoms with van der Waals surface area (Å²) < 4.78 is 5.52. The van der Waals surface area contributed by atoms with Crippen molar-refractivity contribution in [2.45, 2.75) is 47.1 Å². The zero-order valence-electron chi connectivity index (χ0n) is 16.6. The van der Waals surface area contributed by atoms with Gasteiger partial charge in [-0.1, -0.05) is 59.7 Å². The Balaban J connectivity index is 3.99. The topological polar surface area (TPSA) is 130 Å². The second kappa shape index (κ2) is 7.46. The molecule has 0 bridgehead atoms. The van der Waals surface area contributed by atoms with Gasteiger partial charge in [-0.2, -0.15) is 0 Å². The van der Waals surface area contributed by atoms with Crippen LogP contribution < -0.4 is 10.5 Å². The molecule has 0 aliphatic carbocycles. The van der Waals surface area contributed by atoms with Crippen LogP contribution in [0.1, 0.15) is 47.1 Å². The third kappa shape index (κ3) is 3.99. The highest BCUT2D eigenvalue weighted by atomic mass is 16.5. The van der Waals surface area contributed by atoms with E-state index in [9.17, 15) is 24.6 Å². The van der Waals surface area contributed by atoms with Crippen LogP contribution in [0.15, 0.2) is 24.3 Å². The lowest BCUT2D eigenvalue weighted by molar-refractivity contribution is -0.120. The number of nitrogens with two attached hydrogens (primary N) is 1. The number of nitrogens with zero attached hydrogens (tertiary/aromatic N) is 1. The zero-order chi connectivity index (χ0) is 21.2. The third-order valence-electron chi connectivity index (χ3n) is 4.54. The summed E-state index contributed by atoms with van der Waals surface area (Å²) in [6, 6.07) is 6.50. The number of carboxylic acid groups (broad SMARTS) is 2. The lowest BCUT2D eigenvalue weighted by Crippen LogP contribution is -2.64. The Morgan fingerprint density at radius 2 is 1.41 bits per heavy atom. The molecule has 0 fully saturated rings. The third-order valence-corrected chi connectivity index (χ3v) is 4.54. The molecule has 0 spiro atoms. The van der Waals surface area contributed by atoms with E-state index in [1.807, 2.05) is 0 Å². The van der Waals surface area contributed by atoms with Gasteiger partial charge in [0.25, 0.3) is 5.91 Å². The lowest BCUT2D eigenvalue weighted by Gasteiger charge is -2.57. The number of primary amides is 1. The molecule has 8 heteroatoms. The van der Waals surface area contributed by atoms with Crippen molar-refractivity contribution in [1.29, 1.82) is 0 Å². The molecule has 0 radical (unpaired) electrons. The maximum atomic E-state index is 12.1. The molecular weight excluding hydrogens is 352 g/mol. The average Bonchev–Trinajstić information content (AvgIpc) is 2.47. The fraction of sp³-hybridized carbons (Fsp3) is 0.526. The molecule has 4 N–H and O–H groups in total. The molecule has 0 heterocycles. The summed E-state index contributed by atoms with van der Waals surface area (Å²) in [6.07, 6.45) is -3.20. The van der Waals surface area contributed by atoms with E-state index in [0.29, 0.717) is 10.5 Å². The predicted octanol–water partition coefficient (Wildman–Crippen LogP) is 3.50. The van der Waals surface area contributed by atoms with Crippen LogP contribution in [0.3, 0.4) is 0 Å². The number of benzene rings is 1. The van der Waals surface area contributed by atoms with E-state index in [2.05, 4.69) is 0 Å². The summed E-state index contributed by atoms with van der Waals surface area (Å²) in [6.45, 7) is 10.2. The quantitative estimate of drug-likeness (QED) is 0.717. The second-order valence-corrected chi connectivity index (χ2v) is 8.36. The van der Waals surface area contributed by atoms with Gasteiger partial charge in [-0.25, -0.2) is 14.5 Å². The molecule has 0 aromatic heterocycles. The normalized spacial score (nSPS) is 12.4. The van der Waals surface area contributed by atoms with E-state index in [1.54, 1.807) is 65.8 Å². The summed E-state index contributed by atoms with van der Waals surface area (Å²) in [7, 11) is 0. The fourth-order valence-corrected chi connectivity index (χ4v) is 4.13. The Kier molecular flexibility index (Phi) is 6.15. The predicted molar refractivity (Wildman–Crippen MR) is 99.6 cm³/mol. The van der Waals surface area contributed by atoms with Crippen LogP contribution in [0.25, 0.3) is 0 Å². The molecule has 0 saturated heterocycles. The number of hydrogen-bond acceptors (Lipinski definition) is 4. The van der Waals surface area contributed by atoms with Gasteiger partial charge in [0.15, 0.2) is 6.61 Å². The summed E-state index contributed by atoms with van der Waals surface area (Å²) in [5, 5.41) is 19.6. The molecule has 0 unspecified atom stereocenters. The minimum absolute atomic E-state index is 0.202. The number of carbonyl (C=O) groups is 3. The van der Waals surface area contributed by atoms with Gasteiger partial charge >= 0.3 is 12.2 Å². The highest BCUT2D eigenvalue weighted by Gasteiger charge is 2.61. The number of ether oxygens (including phenoxy) is 1. The van der Waals surface area contributed by atoms with E-state index in [1.165, 1.54) is 0 Å². The Morgan fingerprint density at radius 1 is 0.963 bits per heavy atom. The maximum absolute atomic E-state index is 12.1. The molecule has 1 aromatic rings. The first-order chi connectivity index (χ1) is 12.2. The van der Waals surface area contributed by atoms with Crippen LogP contribution in [0, 0.1) is 10.8 Å². The molecule has 150 valence electrons. The first kappa shape index (κ1) is 22.3. The Bertz CT molecular complexity index is 702. The van der Waals surface area contributed by atoms with Crippen LogP contribution in [-0.4, -0.2) is 39.8 Å². The zero-order valence-corrected chi connectivity index (χ0v) is 16.6. The molecule has 3 amide bonds. The minimum atomic E-state index is -1.60. The van der Waals surface area contributed by atoms with Crippen molar-refractivity contribution in [3.63, 3.8) is 0 Å². The number of imide groups is 1. The number of amides is 3. The monoisotopic (exact) mass is 380 g/mol. The minimum Gasteiger partial charge on any atom is -0.483 e. The molecule has 0 aliphatic rings. The second-order valence-electron chi connectivity index (χ2n) is 8.36. The number of rotatable bonds is 5. The number of hydrogen-bond donors (Lipinski definition) is 3. The van der Waals surface area contributed by atoms with Gasteiger partial charge in [-0.15, -0.1) is 0 Å². The first-order valence-corrected chi connectivity index (χ1v) is 8.44. The van der Waals surface area contributed by atoms with E-state index < -0.39 is 41.1 Å². The first-order valence-electron chi connectivity index (χ1n) is 8.44. The van der Waals surface area contributed by atoms with Crippen LogP contribution in [0.4, 0.5) is 9.59 Å². The molecule has 27 heavy (non-hydrogen) atoms. The average molecular weight is 380 g/mol. The number of carbonyl (C=O) groups excluding carboxylic acids is 1. The van der Waals surface area contributed by atoms with Crippen molar-refractivity contribution in [2.24, 2.45) is 16.6 Å². The van der Waals surface area contributed by atoms with Crippen molar-refractivity contribution in [1.82, 2.24) is 4.90 Å². The number of para-hydroxylation sites is 1. The van der Waals surface area contributed by atoms with E-state index >= 15 is 0 Å². The lowest BCUT2D eigenvalue weighted by atomic mass is 9.56. The molecule has 0 aliphatic heterocycles. The SMILES string of the molecule is CC(C)(C)C(c1ccccc1OCC(N)=O)(N(C(=O)O)C(=O)O)C(C)(C)C. The molecule has 8 nitrogen and oxygen atoms in total. The Hall–Kier alpha value is -2.77. The van der Waals surface area contributed by atoms with Crippen molar-refractivity contribution >= 4 is 18.1 Å². The molecular formula is C19H28N2O6. The highest BCUT2D eigenvalue weighted by molar-refractivity contribution is 5.87. The van der Waals surface area contributed by atoms with Crippen molar-refractivity contribution in [3.05, 3.63) is 29.8 Å². The molecule has 0 saturated carbocycles. The van der Waals surface area contributed by atoms with Crippen molar-refractivity contribution < 1.29 is 29.3 Å². The Morgan fingerprint density at radius 3 is 1.78 bits per heavy atom. The smallest absolute Gasteiger partial charge is 0.417 e. The van der Waals surface area contributed by atoms with Gasteiger partial charge in [0.2, 0.25) is 0 Å². The van der Waals surface area contributed by atoms with Gasteiger partial charge in [0, 0.05) is 5.56 Å². The van der Waals surface area contributed by atoms with E-state index in [4.69, 9.17) is 10.5 Å². The van der Waals surface area contributed by atoms with Crippen LogP contribution in [-0.2, 0) is 10.3 Å². The summed E-state index contributed by atoms with van der Waals surface area (Å²) in [5.41, 5.74) is 2.24. The molecule has 1 rings (SSSR count). The van der Waals surface area contributed by atoms with Gasteiger partial charge in [0.05, 0.1) is 5.54 Å². The van der Waals surface area contributed by atoms with Crippen LogP contribution >= 0.6 is 0 Å². The van der Waals surface area contributed by atoms with Gasteiger partial charge < -0.3 is 20.7 Å². The van der Waals surface area contributed by atoms with Gasteiger partial charge in [-0.05, 0) is 16.9 Å². The Labute approximate surface area is 158 Å². The van der Waals surface area contributed by atoms with Gasteiger partial charge in [0.1, 0.15) is 5.75 Å². The van der Waals surface area contributed by atoms with Gasteiger partial charge in [-0.3, -0.25) is 4.79 Å². The van der Waals surface area contributed by atoms with E-state index in [0.717, 1.165) is 0 Å². The van der Waals surface area contributed by atoms with Crippen molar-refractivity contribution in [3.8, 4) is 5.75 Å². The van der Waals surface area contributed by atoms with Crippen LogP contribution in [0.2, 0.25) is 0 Å².